The lowest BCUT2D eigenvalue weighted by atomic mass is 10.3. The lowest BCUT2D eigenvalue weighted by Crippen LogP contribution is -2.28. The van der Waals surface area contributed by atoms with Gasteiger partial charge in [0.05, 0.1) is 11.7 Å². The molecule has 21 heavy (non-hydrogen) atoms. The maximum Gasteiger partial charge on any atom is 0.267 e. The first-order chi connectivity index (χ1) is 10.3. The average Bonchev–Trinajstić information content (AvgIpc) is 2.96. The van der Waals surface area contributed by atoms with Crippen molar-refractivity contribution in [2.75, 3.05) is 18.4 Å². The van der Waals surface area contributed by atoms with Crippen LogP contribution in [0.5, 0.6) is 0 Å². The molecular formula is C16H16N4O. The Kier molecular flexibility index (Phi) is 3.82. The van der Waals surface area contributed by atoms with Crippen LogP contribution in [0, 0.1) is 0 Å². The van der Waals surface area contributed by atoms with Crippen LogP contribution >= 0.6 is 0 Å². The topological polar surface area (TPSA) is 69.8 Å². The summed E-state index contributed by atoms with van der Waals surface area (Å²) in [6, 6.07) is 13.6. The van der Waals surface area contributed by atoms with E-state index in [1.54, 1.807) is 12.4 Å². The van der Waals surface area contributed by atoms with E-state index < -0.39 is 0 Å². The summed E-state index contributed by atoms with van der Waals surface area (Å²) in [5, 5.41) is 7.10. The quantitative estimate of drug-likeness (QED) is 0.629. The van der Waals surface area contributed by atoms with Gasteiger partial charge in [0, 0.05) is 30.4 Å². The van der Waals surface area contributed by atoms with Gasteiger partial charge in [-0.05, 0) is 24.3 Å². The second-order valence-corrected chi connectivity index (χ2v) is 4.69. The first-order valence-electron chi connectivity index (χ1n) is 6.83. The van der Waals surface area contributed by atoms with Gasteiger partial charge >= 0.3 is 0 Å². The number of anilines is 1. The molecule has 0 aliphatic rings. The van der Waals surface area contributed by atoms with Crippen molar-refractivity contribution in [2.24, 2.45) is 0 Å². The number of hydrogen-bond acceptors (Lipinski definition) is 3. The third-order valence-electron chi connectivity index (χ3n) is 3.18. The number of benzene rings is 1. The molecule has 0 aliphatic carbocycles. The second kappa shape index (κ2) is 6.09. The standard InChI is InChI=1S/C16H16N4O/c21-16(14-10-12-6-7-17-11-15(12)20-14)19-9-8-18-13-4-2-1-3-5-13/h1-7,10-11,18,20H,8-9H2,(H,19,21). The Labute approximate surface area is 122 Å². The molecule has 2 heterocycles. The molecular weight excluding hydrogens is 264 g/mol. The number of amides is 1. The fraction of sp³-hybridized carbons (Fsp3) is 0.125. The number of rotatable bonds is 5. The Morgan fingerprint density at radius 3 is 2.81 bits per heavy atom. The van der Waals surface area contributed by atoms with E-state index in [4.69, 9.17) is 0 Å². The smallest absolute Gasteiger partial charge is 0.267 e. The number of nitrogens with zero attached hydrogens (tertiary/aromatic N) is 1. The summed E-state index contributed by atoms with van der Waals surface area (Å²) >= 11 is 0. The SMILES string of the molecule is O=C(NCCNc1ccccc1)c1cc2ccncc2[nH]1. The minimum absolute atomic E-state index is 0.110. The molecule has 1 aromatic carbocycles. The third-order valence-corrected chi connectivity index (χ3v) is 3.18. The van der Waals surface area contributed by atoms with Crippen molar-refractivity contribution >= 4 is 22.5 Å². The average molecular weight is 280 g/mol. The number of H-pyrrole nitrogens is 1. The van der Waals surface area contributed by atoms with Crippen molar-refractivity contribution in [1.29, 1.82) is 0 Å². The third kappa shape index (κ3) is 3.20. The van der Waals surface area contributed by atoms with Gasteiger partial charge in [0.1, 0.15) is 5.69 Å². The van der Waals surface area contributed by atoms with Crippen molar-refractivity contribution in [3.05, 3.63) is 60.6 Å². The molecule has 0 spiro atoms. The van der Waals surface area contributed by atoms with Crippen molar-refractivity contribution in [3.8, 4) is 0 Å². The lowest BCUT2D eigenvalue weighted by molar-refractivity contribution is 0.0951. The summed E-state index contributed by atoms with van der Waals surface area (Å²) in [6.07, 6.45) is 3.42. The molecule has 106 valence electrons. The first kappa shape index (κ1) is 13.2. The number of fused-ring (bicyclic) bond motifs is 1. The van der Waals surface area contributed by atoms with E-state index in [1.165, 1.54) is 0 Å². The van der Waals surface area contributed by atoms with Crippen LogP contribution in [0.2, 0.25) is 0 Å². The highest BCUT2D eigenvalue weighted by Gasteiger charge is 2.08. The van der Waals surface area contributed by atoms with Gasteiger partial charge in [0.25, 0.3) is 5.91 Å². The molecule has 5 nitrogen and oxygen atoms in total. The fourth-order valence-corrected chi connectivity index (χ4v) is 2.13. The summed E-state index contributed by atoms with van der Waals surface area (Å²) in [5.74, 6) is -0.110. The zero-order valence-corrected chi connectivity index (χ0v) is 11.5. The molecule has 0 unspecified atom stereocenters. The van der Waals surface area contributed by atoms with Gasteiger partial charge in [0.15, 0.2) is 0 Å². The number of aromatic nitrogens is 2. The predicted octanol–water partition coefficient (Wildman–Crippen LogP) is 2.40. The molecule has 0 saturated carbocycles. The molecule has 0 radical (unpaired) electrons. The van der Waals surface area contributed by atoms with E-state index in [-0.39, 0.29) is 5.91 Å². The molecule has 3 N–H and O–H groups in total. The maximum absolute atomic E-state index is 12.0. The Balaban J connectivity index is 1.52. The van der Waals surface area contributed by atoms with E-state index in [0.29, 0.717) is 18.8 Å². The summed E-state index contributed by atoms with van der Waals surface area (Å²) < 4.78 is 0. The van der Waals surface area contributed by atoms with Gasteiger partial charge < -0.3 is 15.6 Å². The van der Waals surface area contributed by atoms with Gasteiger partial charge in [0.2, 0.25) is 0 Å². The van der Waals surface area contributed by atoms with E-state index in [9.17, 15) is 4.79 Å². The predicted molar refractivity (Wildman–Crippen MR) is 83.4 cm³/mol. The molecule has 1 amide bonds. The summed E-state index contributed by atoms with van der Waals surface area (Å²) in [6.45, 7) is 1.24. The minimum Gasteiger partial charge on any atom is -0.383 e. The number of para-hydroxylation sites is 1. The molecule has 0 bridgehead atoms. The van der Waals surface area contributed by atoms with Crippen LogP contribution in [0.4, 0.5) is 5.69 Å². The van der Waals surface area contributed by atoms with Crippen molar-refractivity contribution < 1.29 is 4.79 Å². The Morgan fingerprint density at radius 2 is 2.00 bits per heavy atom. The number of hydrogen-bond donors (Lipinski definition) is 3. The molecule has 5 heteroatoms. The van der Waals surface area contributed by atoms with Crippen LogP contribution in [0.3, 0.4) is 0 Å². The highest BCUT2D eigenvalue weighted by Crippen LogP contribution is 2.13. The normalized spacial score (nSPS) is 10.5. The Bertz CT molecular complexity index is 703. The van der Waals surface area contributed by atoms with E-state index >= 15 is 0 Å². The monoisotopic (exact) mass is 280 g/mol. The first-order valence-corrected chi connectivity index (χ1v) is 6.83. The van der Waals surface area contributed by atoms with E-state index in [0.717, 1.165) is 16.6 Å². The van der Waals surface area contributed by atoms with Gasteiger partial charge in [-0.3, -0.25) is 9.78 Å². The molecule has 3 rings (SSSR count). The van der Waals surface area contributed by atoms with Crippen molar-refractivity contribution in [1.82, 2.24) is 15.3 Å². The summed E-state index contributed by atoms with van der Waals surface area (Å²) in [4.78, 5) is 19.1. The zero-order chi connectivity index (χ0) is 14.5. The summed E-state index contributed by atoms with van der Waals surface area (Å²) in [7, 11) is 0. The second-order valence-electron chi connectivity index (χ2n) is 4.69. The van der Waals surface area contributed by atoms with Crippen LogP contribution in [0.25, 0.3) is 10.9 Å². The van der Waals surface area contributed by atoms with E-state index in [1.807, 2.05) is 42.5 Å². The van der Waals surface area contributed by atoms with Gasteiger partial charge in [-0.25, -0.2) is 0 Å². The summed E-state index contributed by atoms with van der Waals surface area (Å²) in [5.41, 5.74) is 2.46. The van der Waals surface area contributed by atoms with Crippen LogP contribution < -0.4 is 10.6 Å². The number of carbonyl (C=O) groups is 1. The fourth-order valence-electron chi connectivity index (χ4n) is 2.13. The lowest BCUT2D eigenvalue weighted by Gasteiger charge is -2.07. The van der Waals surface area contributed by atoms with Crippen LogP contribution in [0.1, 0.15) is 10.5 Å². The molecule has 0 saturated heterocycles. The molecule has 0 fully saturated rings. The molecule has 3 aromatic rings. The Morgan fingerprint density at radius 1 is 1.14 bits per heavy atom. The van der Waals surface area contributed by atoms with Gasteiger partial charge in [-0.1, -0.05) is 18.2 Å². The van der Waals surface area contributed by atoms with E-state index in [2.05, 4.69) is 20.6 Å². The molecule has 0 atom stereocenters. The largest absolute Gasteiger partial charge is 0.383 e. The van der Waals surface area contributed by atoms with Crippen LogP contribution in [0.15, 0.2) is 54.9 Å². The van der Waals surface area contributed by atoms with Gasteiger partial charge in [-0.2, -0.15) is 0 Å². The maximum atomic E-state index is 12.0. The van der Waals surface area contributed by atoms with Crippen LogP contribution in [-0.4, -0.2) is 29.0 Å². The minimum atomic E-state index is -0.110. The molecule has 0 aliphatic heterocycles. The molecule has 2 aromatic heterocycles. The highest BCUT2D eigenvalue weighted by molar-refractivity contribution is 5.97. The number of carbonyl (C=O) groups excluding carboxylic acids is 1. The van der Waals surface area contributed by atoms with Crippen molar-refractivity contribution in [2.45, 2.75) is 0 Å². The van der Waals surface area contributed by atoms with Crippen LogP contribution in [-0.2, 0) is 0 Å². The number of nitrogens with one attached hydrogen (secondary N) is 3. The number of aromatic amines is 1. The highest BCUT2D eigenvalue weighted by atomic mass is 16.1. The number of pyridine rings is 1. The Hall–Kier alpha value is -2.82. The van der Waals surface area contributed by atoms with Crippen molar-refractivity contribution in [3.63, 3.8) is 0 Å². The zero-order valence-electron chi connectivity index (χ0n) is 11.5. The van der Waals surface area contributed by atoms with Gasteiger partial charge in [-0.15, -0.1) is 0 Å².